The summed E-state index contributed by atoms with van der Waals surface area (Å²) in [6.07, 6.45) is 0.773. The van der Waals surface area contributed by atoms with Crippen LogP contribution in [0.2, 0.25) is 0 Å². The van der Waals surface area contributed by atoms with Gasteiger partial charge in [0.1, 0.15) is 17.6 Å². The highest BCUT2D eigenvalue weighted by Crippen LogP contribution is 2.26. The third-order valence-electron chi connectivity index (χ3n) is 5.36. The molecular weight excluding hydrogens is 395 g/mol. The van der Waals surface area contributed by atoms with Crippen LogP contribution < -0.4 is 10.1 Å². The number of nitrogens with one attached hydrogen (secondary N) is 1. The van der Waals surface area contributed by atoms with Crippen molar-refractivity contribution in [3.8, 4) is 5.75 Å². The second-order valence-corrected chi connectivity index (χ2v) is 8.09. The molecule has 1 N–H and O–H groups in total. The number of nitrogens with zero attached hydrogens (tertiary/aromatic N) is 1. The SMILES string of the molecule is CC[C@@H](C)NC(=O)[C@@H](C)N(Cc1ccccc1F)C(=O)COc1ccccc1C(C)C. The molecule has 2 aromatic rings. The minimum absolute atomic E-state index is 0.0181. The molecule has 0 radical (unpaired) electrons. The molecule has 0 saturated carbocycles. The van der Waals surface area contributed by atoms with E-state index in [0.29, 0.717) is 11.3 Å². The fraction of sp³-hybridized carbons (Fsp3) is 0.440. The first-order valence-corrected chi connectivity index (χ1v) is 10.8. The van der Waals surface area contributed by atoms with Gasteiger partial charge in [0.2, 0.25) is 5.91 Å². The van der Waals surface area contributed by atoms with Crippen LogP contribution in [-0.2, 0) is 16.1 Å². The molecule has 0 heterocycles. The van der Waals surface area contributed by atoms with Crippen LogP contribution in [0.3, 0.4) is 0 Å². The Morgan fingerprint density at radius 1 is 1.03 bits per heavy atom. The van der Waals surface area contributed by atoms with Crippen LogP contribution in [0.5, 0.6) is 5.75 Å². The molecule has 6 heteroatoms. The Balaban J connectivity index is 2.21. The topological polar surface area (TPSA) is 58.6 Å². The molecule has 0 aromatic heterocycles. The Kier molecular flexibility index (Phi) is 9.03. The summed E-state index contributed by atoms with van der Waals surface area (Å²) >= 11 is 0. The van der Waals surface area contributed by atoms with Crippen LogP contribution >= 0.6 is 0 Å². The number of rotatable bonds is 10. The van der Waals surface area contributed by atoms with Crippen molar-refractivity contribution < 1.29 is 18.7 Å². The van der Waals surface area contributed by atoms with Gasteiger partial charge < -0.3 is 15.0 Å². The van der Waals surface area contributed by atoms with Gasteiger partial charge in [-0.25, -0.2) is 4.39 Å². The Labute approximate surface area is 184 Å². The third kappa shape index (κ3) is 6.81. The molecule has 2 rings (SSSR count). The third-order valence-corrected chi connectivity index (χ3v) is 5.36. The quantitative estimate of drug-likeness (QED) is 0.599. The molecule has 0 aliphatic carbocycles. The summed E-state index contributed by atoms with van der Waals surface area (Å²) in [5, 5.41) is 2.90. The van der Waals surface area contributed by atoms with Gasteiger partial charge in [0, 0.05) is 18.2 Å². The van der Waals surface area contributed by atoms with Crippen LogP contribution in [0.15, 0.2) is 48.5 Å². The average molecular weight is 429 g/mol. The standard InChI is InChI=1S/C25H33FN2O3/c1-6-18(4)27-25(30)19(5)28(15-20-11-7-9-13-22(20)26)24(29)16-31-23-14-10-8-12-21(23)17(2)3/h7-14,17-19H,6,15-16H2,1-5H3,(H,27,30)/t18-,19-/m1/s1. The van der Waals surface area contributed by atoms with Gasteiger partial charge in [0.05, 0.1) is 0 Å². The summed E-state index contributed by atoms with van der Waals surface area (Å²) in [6, 6.07) is 13.0. The van der Waals surface area contributed by atoms with E-state index in [1.54, 1.807) is 25.1 Å². The largest absolute Gasteiger partial charge is 0.483 e. The maximum atomic E-state index is 14.3. The van der Waals surface area contributed by atoms with E-state index in [1.165, 1.54) is 11.0 Å². The van der Waals surface area contributed by atoms with E-state index in [2.05, 4.69) is 19.2 Å². The summed E-state index contributed by atoms with van der Waals surface area (Å²) in [5.41, 5.74) is 1.35. The predicted octanol–water partition coefficient (Wildman–Crippen LogP) is 4.66. The molecule has 0 aliphatic heterocycles. The number of amides is 2. The molecule has 5 nitrogen and oxygen atoms in total. The number of ether oxygens (including phenoxy) is 1. The summed E-state index contributed by atoms with van der Waals surface area (Å²) in [6.45, 7) is 9.37. The lowest BCUT2D eigenvalue weighted by Crippen LogP contribution is -2.50. The molecule has 2 aromatic carbocycles. The van der Waals surface area contributed by atoms with Crippen molar-refractivity contribution in [2.24, 2.45) is 0 Å². The first-order valence-electron chi connectivity index (χ1n) is 10.8. The average Bonchev–Trinajstić information content (AvgIpc) is 2.76. The Bertz CT molecular complexity index is 885. The number of carbonyl (C=O) groups excluding carboxylic acids is 2. The van der Waals surface area contributed by atoms with Crippen molar-refractivity contribution in [3.63, 3.8) is 0 Å². The van der Waals surface area contributed by atoms with Gasteiger partial charge >= 0.3 is 0 Å². The van der Waals surface area contributed by atoms with Gasteiger partial charge in [-0.2, -0.15) is 0 Å². The molecular formula is C25H33FN2O3. The lowest BCUT2D eigenvalue weighted by molar-refractivity contribution is -0.142. The number of benzene rings is 2. The monoisotopic (exact) mass is 428 g/mol. The fourth-order valence-corrected chi connectivity index (χ4v) is 3.17. The minimum atomic E-state index is -0.773. The lowest BCUT2D eigenvalue weighted by atomic mass is 10.0. The fourth-order valence-electron chi connectivity index (χ4n) is 3.17. The van der Waals surface area contributed by atoms with E-state index < -0.39 is 11.9 Å². The zero-order valence-electron chi connectivity index (χ0n) is 19.0. The van der Waals surface area contributed by atoms with Crippen molar-refractivity contribution in [2.75, 3.05) is 6.61 Å². The van der Waals surface area contributed by atoms with E-state index >= 15 is 0 Å². The normalized spacial score (nSPS) is 12.9. The number of halogens is 1. The number of para-hydroxylation sites is 1. The Morgan fingerprint density at radius 3 is 2.32 bits per heavy atom. The molecule has 168 valence electrons. The molecule has 31 heavy (non-hydrogen) atoms. The van der Waals surface area contributed by atoms with Crippen molar-refractivity contribution in [3.05, 3.63) is 65.5 Å². The highest BCUT2D eigenvalue weighted by molar-refractivity contribution is 5.88. The van der Waals surface area contributed by atoms with Gasteiger partial charge in [-0.3, -0.25) is 9.59 Å². The summed E-state index contributed by atoms with van der Waals surface area (Å²) < 4.78 is 20.1. The number of hydrogen-bond acceptors (Lipinski definition) is 3. The number of carbonyl (C=O) groups is 2. The van der Waals surface area contributed by atoms with Gasteiger partial charge in [0.25, 0.3) is 5.91 Å². The van der Waals surface area contributed by atoms with Crippen molar-refractivity contribution >= 4 is 11.8 Å². The van der Waals surface area contributed by atoms with E-state index in [9.17, 15) is 14.0 Å². The van der Waals surface area contributed by atoms with Crippen molar-refractivity contribution in [2.45, 2.75) is 65.6 Å². The first kappa shape index (κ1) is 24.4. The van der Waals surface area contributed by atoms with Gasteiger partial charge in [0.15, 0.2) is 6.61 Å². The molecule has 0 saturated heterocycles. The van der Waals surface area contributed by atoms with E-state index in [4.69, 9.17) is 4.74 Å². The van der Waals surface area contributed by atoms with Gasteiger partial charge in [-0.05, 0) is 43.9 Å². The smallest absolute Gasteiger partial charge is 0.261 e. The van der Waals surface area contributed by atoms with Crippen molar-refractivity contribution in [1.29, 1.82) is 0 Å². The molecule has 2 atom stereocenters. The molecule has 2 amide bonds. The van der Waals surface area contributed by atoms with E-state index in [-0.39, 0.29) is 36.9 Å². The molecule has 0 fully saturated rings. The zero-order chi connectivity index (χ0) is 23.0. The van der Waals surface area contributed by atoms with E-state index in [0.717, 1.165) is 12.0 Å². The second-order valence-electron chi connectivity index (χ2n) is 8.09. The molecule has 0 aliphatic rings. The van der Waals surface area contributed by atoms with Gasteiger partial charge in [-0.1, -0.05) is 57.2 Å². The Morgan fingerprint density at radius 2 is 1.68 bits per heavy atom. The van der Waals surface area contributed by atoms with Crippen LogP contribution in [0.1, 0.15) is 58.1 Å². The van der Waals surface area contributed by atoms with Crippen LogP contribution in [0.4, 0.5) is 4.39 Å². The summed E-state index contributed by atoms with van der Waals surface area (Å²) in [7, 11) is 0. The Hall–Kier alpha value is -2.89. The highest BCUT2D eigenvalue weighted by Gasteiger charge is 2.28. The minimum Gasteiger partial charge on any atom is -0.483 e. The predicted molar refractivity (Wildman–Crippen MR) is 120 cm³/mol. The zero-order valence-corrected chi connectivity index (χ0v) is 19.0. The highest BCUT2D eigenvalue weighted by atomic mass is 19.1. The van der Waals surface area contributed by atoms with Crippen LogP contribution in [0.25, 0.3) is 0 Å². The maximum Gasteiger partial charge on any atom is 0.261 e. The molecule has 0 unspecified atom stereocenters. The lowest BCUT2D eigenvalue weighted by Gasteiger charge is -2.30. The van der Waals surface area contributed by atoms with Crippen LogP contribution in [-0.4, -0.2) is 35.4 Å². The van der Waals surface area contributed by atoms with Crippen LogP contribution in [0, 0.1) is 5.82 Å². The maximum absolute atomic E-state index is 14.3. The second kappa shape index (κ2) is 11.5. The summed E-state index contributed by atoms with van der Waals surface area (Å²) in [5.74, 6) is -0.203. The first-order chi connectivity index (χ1) is 14.7. The van der Waals surface area contributed by atoms with Gasteiger partial charge in [-0.15, -0.1) is 0 Å². The molecule has 0 spiro atoms. The summed E-state index contributed by atoms with van der Waals surface area (Å²) in [4.78, 5) is 27.2. The number of hydrogen-bond donors (Lipinski definition) is 1. The molecule has 0 bridgehead atoms. The van der Waals surface area contributed by atoms with E-state index in [1.807, 2.05) is 38.1 Å². The van der Waals surface area contributed by atoms with Crippen molar-refractivity contribution in [1.82, 2.24) is 10.2 Å².